The minimum atomic E-state index is -0.484. The van der Waals surface area contributed by atoms with Crippen molar-refractivity contribution in [3.63, 3.8) is 0 Å². The lowest BCUT2D eigenvalue weighted by Crippen LogP contribution is -2.40. The van der Waals surface area contributed by atoms with E-state index in [4.69, 9.17) is 9.47 Å². The van der Waals surface area contributed by atoms with Crippen LogP contribution in [0.4, 0.5) is 0 Å². The monoisotopic (exact) mass is 314 g/mol. The van der Waals surface area contributed by atoms with Gasteiger partial charge in [0.1, 0.15) is 18.2 Å². The molecule has 0 aliphatic rings. The first-order chi connectivity index (χ1) is 10.9. The SMILES string of the molecule is COC(=O)c1c(-c2ccccc2)c(C(=O)OC)c(C)[n+](C)c1C. The normalized spacial score (nSPS) is 10.3. The molecule has 1 heterocycles. The van der Waals surface area contributed by atoms with E-state index in [1.807, 2.05) is 44.2 Å². The Balaban J connectivity index is 2.99. The van der Waals surface area contributed by atoms with Gasteiger partial charge in [-0.15, -0.1) is 0 Å². The van der Waals surface area contributed by atoms with Crippen LogP contribution in [0.2, 0.25) is 0 Å². The van der Waals surface area contributed by atoms with Gasteiger partial charge < -0.3 is 9.47 Å². The van der Waals surface area contributed by atoms with E-state index in [1.54, 1.807) is 11.6 Å². The Labute approximate surface area is 135 Å². The van der Waals surface area contributed by atoms with Gasteiger partial charge >= 0.3 is 11.9 Å². The van der Waals surface area contributed by atoms with E-state index < -0.39 is 11.9 Å². The van der Waals surface area contributed by atoms with E-state index in [0.29, 0.717) is 16.7 Å². The molecule has 5 heteroatoms. The molecule has 0 bridgehead atoms. The fraction of sp³-hybridized carbons (Fsp3) is 0.278. The van der Waals surface area contributed by atoms with Crippen LogP contribution in [0.1, 0.15) is 32.1 Å². The Hall–Kier alpha value is -2.69. The Bertz CT molecular complexity index is 723. The van der Waals surface area contributed by atoms with Gasteiger partial charge in [0.05, 0.1) is 14.2 Å². The third kappa shape index (κ3) is 2.82. The van der Waals surface area contributed by atoms with Crippen LogP contribution in [-0.4, -0.2) is 26.2 Å². The molecule has 0 aliphatic carbocycles. The first kappa shape index (κ1) is 16.7. The molecule has 0 N–H and O–H groups in total. The molecule has 2 aromatic rings. The van der Waals surface area contributed by atoms with E-state index in [-0.39, 0.29) is 0 Å². The summed E-state index contributed by atoms with van der Waals surface area (Å²) < 4.78 is 11.7. The third-order valence-corrected chi connectivity index (χ3v) is 4.07. The highest BCUT2D eigenvalue weighted by Gasteiger charge is 2.33. The molecule has 0 spiro atoms. The lowest BCUT2D eigenvalue weighted by atomic mass is 9.92. The maximum atomic E-state index is 12.4. The van der Waals surface area contributed by atoms with Crippen LogP contribution in [0.5, 0.6) is 0 Å². The van der Waals surface area contributed by atoms with Crippen molar-refractivity contribution in [3.8, 4) is 11.1 Å². The van der Waals surface area contributed by atoms with Gasteiger partial charge in [-0.25, -0.2) is 14.2 Å². The van der Waals surface area contributed by atoms with Crippen LogP contribution in [0.3, 0.4) is 0 Å². The lowest BCUT2D eigenvalue weighted by Gasteiger charge is -2.15. The van der Waals surface area contributed by atoms with Crippen LogP contribution < -0.4 is 4.57 Å². The number of hydrogen-bond acceptors (Lipinski definition) is 4. The number of ether oxygens (including phenoxy) is 2. The Morgan fingerprint density at radius 1 is 0.870 bits per heavy atom. The number of hydrogen-bond donors (Lipinski definition) is 0. The van der Waals surface area contributed by atoms with E-state index in [0.717, 1.165) is 17.0 Å². The zero-order chi connectivity index (χ0) is 17.1. The average Bonchev–Trinajstić information content (AvgIpc) is 2.58. The Morgan fingerprint density at radius 3 is 1.70 bits per heavy atom. The Morgan fingerprint density at radius 2 is 1.30 bits per heavy atom. The number of esters is 2. The summed E-state index contributed by atoms with van der Waals surface area (Å²) in [6, 6.07) is 9.30. The van der Waals surface area contributed by atoms with Crippen LogP contribution in [0.15, 0.2) is 30.3 Å². The number of carbonyl (C=O) groups is 2. The quantitative estimate of drug-likeness (QED) is 0.645. The summed E-state index contributed by atoms with van der Waals surface area (Å²) >= 11 is 0. The molecule has 120 valence electrons. The molecule has 0 saturated carbocycles. The minimum absolute atomic E-state index is 0.368. The molecule has 1 aromatic heterocycles. The summed E-state index contributed by atoms with van der Waals surface area (Å²) in [7, 11) is 4.46. The van der Waals surface area contributed by atoms with Crippen molar-refractivity contribution in [3.05, 3.63) is 52.8 Å². The molecule has 5 nitrogen and oxygen atoms in total. The second kappa shape index (κ2) is 6.60. The van der Waals surface area contributed by atoms with Crippen LogP contribution in [0.25, 0.3) is 11.1 Å². The number of aromatic nitrogens is 1. The maximum Gasteiger partial charge on any atom is 0.344 e. The molecule has 0 aliphatic heterocycles. The molecule has 0 fully saturated rings. The van der Waals surface area contributed by atoms with Crippen LogP contribution in [-0.2, 0) is 16.5 Å². The summed E-state index contributed by atoms with van der Waals surface area (Å²) in [6.45, 7) is 3.65. The van der Waals surface area contributed by atoms with Crippen LogP contribution in [0, 0.1) is 13.8 Å². The topological polar surface area (TPSA) is 56.5 Å². The average molecular weight is 314 g/mol. The van der Waals surface area contributed by atoms with Gasteiger partial charge in [0.15, 0.2) is 11.4 Å². The molecular formula is C18H20NO4+. The van der Waals surface area contributed by atoms with Gasteiger partial charge in [-0.05, 0) is 5.56 Å². The summed E-state index contributed by atoms with van der Waals surface area (Å²) in [5.74, 6) is -0.968. The van der Waals surface area contributed by atoms with Crippen LogP contribution >= 0.6 is 0 Å². The smallest absolute Gasteiger partial charge is 0.344 e. The first-order valence-corrected chi connectivity index (χ1v) is 7.19. The standard InChI is InChI=1S/C18H20NO4/c1-11-14(17(20)22-4)16(13-9-7-6-8-10-13)15(18(21)23-5)12(2)19(11)3/h6-10H,1-5H3/q+1. The van der Waals surface area contributed by atoms with E-state index in [9.17, 15) is 9.59 Å². The number of benzene rings is 1. The third-order valence-electron chi connectivity index (χ3n) is 4.07. The molecule has 1 aromatic carbocycles. The number of pyridine rings is 1. The fourth-order valence-electron chi connectivity index (χ4n) is 2.67. The zero-order valence-corrected chi connectivity index (χ0v) is 14.0. The van der Waals surface area contributed by atoms with Crippen molar-refractivity contribution in [1.29, 1.82) is 0 Å². The highest BCUT2D eigenvalue weighted by Crippen LogP contribution is 2.31. The van der Waals surface area contributed by atoms with Crippen molar-refractivity contribution in [2.45, 2.75) is 13.8 Å². The predicted octanol–water partition coefficient (Wildman–Crippen LogP) is 2.37. The number of nitrogens with zero attached hydrogens (tertiary/aromatic N) is 1. The van der Waals surface area contributed by atoms with Crippen molar-refractivity contribution in [2.75, 3.05) is 14.2 Å². The molecule has 0 saturated heterocycles. The summed E-state index contributed by atoms with van der Waals surface area (Å²) in [5, 5.41) is 0. The number of rotatable bonds is 3. The molecule has 0 atom stereocenters. The van der Waals surface area contributed by atoms with Gasteiger partial charge in [0.2, 0.25) is 0 Å². The number of methoxy groups -OCH3 is 2. The van der Waals surface area contributed by atoms with Gasteiger partial charge in [-0.3, -0.25) is 0 Å². The second-order valence-corrected chi connectivity index (χ2v) is 5.20. The number of carbonyl (C=O) groups excluding carboxylic acids is 2. The van der Waals surface area contributed by atoms with Crippen molar-refractivity contribution in [1.82, 2.24) is 0 Å². The maximum absolute atomic E-state index is 12.4. The van der Waals surface area contributed by atoms with E-state index in [2.05, 4.69) is 0 Å². The summed E-state index contributed by atoms with van der Waals surface area (Å²) in [5.41, 5.74) is 3.48. The minimum Gasteiger partial charge on any atom is -0.465 e. The first-order valence-electron chi connectivity index (χ1n) is 7.19. The lowest BCUT2D eigenvalue weighted by molar-refractivity contribution is -0.683. The summed E-state index contributed by atoms with van der Waals surface area (Å²) in [6.07, 6.45) is 0. The van der Waals surface area contributed by atoms with Gasteiger partial charge in [-0.2, -0.15) is 0 Å². The molecule has 0 amide bonds. The summed E-state index contributed by atoms with van der Waals surface area (Å²) in [4.78, 5) is 24.7. The van der Waals surface area contributed by atoms with Crippen molar-refractivity contribution >= 4 is 11.9 Å². The Kier molecular flexibility index (Phi) is 4.79. The predicted molar refractivity (Wildman–Crippen MR) is 85.2 cm³/mol. The van der Waals surface area contributed by atoms with Crippen molar-refractivity contribution in [2.24, 2.45) is 7.05 Å². The highest BCUT2D eigenvalue weighted by molar-refractivity contribution is 6.06. The largest absolute Gasteiger partial charge is 0.465 e. The molecular weight excluding hydrogens is 294 g/mol. The molecule has 0 unspecified atom stereocenters. The molecule has 23 heavy (non-hydrogen) atoms. The van der Waals surface area contributed by atoms with Gasteiger partial charge in [0, 0.05) is 19.4 Å². The van der Waals surface area contributed by atoms with E-state index >= 15 is 0 Å². The zero-order valence-electron chi connectivity index (χ0n) is 14.0. The van der Waals surface area contributed by atoms with Gasteiger partial charge in [0.25, 0.3) is 0 Å². The molecule has 0 radical (unpaired) electrons. The second-order valence-electron chi connectivity index (χ2n) is 5.20. The van der Waals surface area contributed by atoms with Crippen molar-refractivity contribution < 1.29 is 23.6 Å². The van der Waals surface area contributed by atoms with Gasteiger partial charge in [-0.1, -0.05) is 30.3 Å². The van der Waals surface area contributed by atoms with E-state index in [1.165, 1.54) is 14.2 Å². The fourth-order valence-corrected chi connectivity index (χ4v) is 2.67. The molecule has 2 rings (SSSR count). The highest BCUT2D eigenvalue weighted by atomic mass is 16.5.